The van der Waals surface area contributed by atoms with Gasteiger partial charge in [-0.25, -0.2) is 0 Å². The summed E-state index contributed by atoms with van der Waals surface area (Å²) in [4.78, 5) is 9.47. The number of hydrogen-bond acceptors (Lipinski definition) is 6. The largest absolute Gasteiger partial charge is 0.399 e. The van der Waals surface area contributed by atoms with Crippen LogP contribution >= 0.6 is 34.4 Å². The van der Waals surface area contributed by atoms with E-state index in [0.29, 0.717) is 17.2 Å². The molecule has 0 aliphatic carbocycles. The summed E-state index contributed by atoms with van der Waals surface area (Å²) in [5, 5.41) is 22.9. The molecule has 6 N–H and O–H groups in total. The van der Waals surface area contributed by atoms with Gasteiger partial charge in [-0.1, -0.05) is 55.6 Å². The summed E-state index contributed by atoms with van der Waals surface area (Å²) in [5.74, 6) is 0. The van der Waals surface area contributed by atoms with Crippen molar-refractivity contribution in [3.63, 3.8) is 0 Å². The lowest BCUT2D eigenvalue weighted by molar-refractivity contribution is 1.29. The molecule has 3 aromatic carbocycles. The highest BCUT2D eigenvalue weighted by molar-refractivity contribution is 8.14. The van der Waals surface area contributed by atoms with Crippen molar-refractivity contribution in [2.24, 2.45) is 0 Å². The van der Waals surface area contributed by atoms with Crippen LogP contribution in [0.15, 0.2) is 131 Å². The zero-order chi connectivity index (χ0) is 28.4. The molecule has 0 aliphatic heterocycles. The van der Waals surface area contributed by atoms with Crippen LogP contribution in [0.4, 0.5) is 5.69 Å². The predicted molar refractivity (Wildman–Crippen MR) is 186 cm³/mol. The Morgan fingerprint density at radius 3 is 1.95 bits per heavy atom. The number of thiophene rings is 2. The lowest BCUT2D eigenvalue weighted by Gasteiger charge is -2.02. The number of aromatic amines is 2. The smallest absolute Gasteiger partial charge is 0.109 e. The third-order valence-electron chi connectivity index (χ3n) is 6.10. The molecule has 212 valence electrons. The molecule has 0 spiro atoms. The Labute approximate surface area is 258 Å². The van der Waals surface area contributed by atoms with E-state index in [9.17, 15) is 0 Å². The number of anilines is 1. The van der Waals surface area contributed by atoms with Crippen molar-refractivity contribution in [3.8, 4) is 0 Å². The minimum atomic E-state index is 0. The van der Waals surface area contributed by atoms with Crippen LogP contribution in [0.5, 0.6) is 0 Å². The molecule has 0 amide bonds. The van der Waals surface area contributed by atoms with Gasteiger partial charge in [0, 0.05) is 50.7 Å². The minimum Gasteiger partial charge on any atom is -0.399 e. The summed E-state index contributed by atoms with van der Waals surface area (Å²) >= 11 is 4.72. The van der Waals surface area contributed by atoms with Gasteiger partial charge in [-0.2, -0.15) is 0 Å². The number of fused-ring (bicyclic) bond motifs is 2. The molecule has 0 bridgehead atoms. The standard InChI is InChI=1S/C14H12N2S.C11H9NS2.C8H8N2.CH4/c15-12(14-2-1-7-17-14)9-10-3-4-13-11(8-10)5-6-16-13;12-11(10-7-4-8-13-10)14-9-5-2-1-3-6-9;9-7-1-2-8-6(5-7)3-4-10-8;/h1-8,15-16H,9H2;1-8,12H;1-5,10H,9H2;1H4. The number of H-pyrrole nitrogens is 2. The molecule has 42 heavy (non-hydrogen) atoms. The Kier molecular flexibility index (Phi) is 10.9. The van der Waals surface area contributed by atoms with Crippen LogP contribution in [-0.2, 0) is 6.42 Å². The van der Waals surface area contributed by atoms with Crippen LogP contribution in [0.1, 0.15) is 22.7 Å². The highest BCUT2D eigenvalue weighted by Crippen LogP contribution is 2.24. The fourth-order valence-electron chi connectivity index (χ4n) is 4.09. The van der Waals surface area contributed by atoms with E-state index >= 15 is 0 Å². The summed E-state index contributed by atoms with van der Waals surface area (Å²) < 4.78 is 0. The molecular weight excluding hydrogens is 575 g/mol. The number of thioether (sulfide) groups is 1. The molecule has 0 saturated heterocycles. The first-order valence-corrected chi connectivity index (χ1v) is 15.5. The fourth-order valence-corrected chi connectivity index (χ4v) is 6.30. The van der Waals surface area contributed by atoms with Crippen molar-refractivity contribution in [1.82, 2.24) is 9.97 Å². The predicted octanol–water partition coefficient (Wildman–Crippen LogP) is 10.1. The summed E-state index contributed by atoms with van der Waals surface area (Å²) in [6.07, 6.45) is 4.55. The van der Waals surface area contributed by atoms with Crippen LogP contribution < -0.4 is 5.73 Å². The summed E-state index contributed by atoms with van der Waals surface area (Å²) in [5.41, 5.74) is 10.5. The topological polar surface area (TPSA) is 105 Å². The minimum absolute atomic E-state index is 0. The Hall–Kier alpha value is -4.37. The van der Waals surface area contributed by atoms with E-state index in [0.717, 1.165) is 31.4 Å². The normalized spacial score (nSPS) is 10.2. The van der Waals surface area contributed by atoms with Gasteiger partial charge in [-0.05, 0) is 88.4 Å². The van der Waals surface area contributed by atoms with Gasteiger partial charge in [0.1, 0.15) is 5.04 Å². The average Bonchev–Trinajstić information content (AvgIpc) is 3.82. The Morgan fingerprint density at radius 1 is 0.690 bits per heavy atom. The maximum absolute atomic E-state index is 8.06. The SMILES string of the molecule is C.N=C(Cc1ccc2[nH]ccc2c1)c1cccs1.N=C(Sc1ccccc1)c1cccs1.Nc1ccc2[nH]ccc2c1. The van der Waals surface area contributed by atoms with Gasteiger partial charge in [-0.15, -0.1) is 22.7 Å². The molecule has 0 atom stereocenters. The lowest BCUT2D eigenvalue weighted by Crippen LogP contribution is -2.00. The molecule has 7 aromatic rings. The van der Waals surface area contributed by atoms with E-state index in [1.54, 1.807) is 22.7 Å². The monoisotopic (exact) mass is 607 g/mol. The van der Waals surface area contributed by atoms with Crippen LogP contribution in [-0.4, -0.2) is 20.7 Å². The van der Waals surface area contributed by atoms with Gasteiger partial charge >= 0.3 is 0 Å². The Morgan fingerprint density at radius 2 is 1.31 bits per heavy atom. The van der Waals surface area contributed by atoms with E-state index in [-0.39, 0.29) is 7.43 Å². The molecule has 0 unspecified atom stereocenters. The lowest BCUT2D eigenvalue weighted by atomic mass is 10.1. The summed E-state index contributed by atoms with van der Waals surface area (Å²) in [6, 6.07) is 34.1. The molecule has 7 rings (SSSR count). The van der Waals surface area contributed by atoms with Gasteiger partial charge in [0.2, 0.25) is 0 Å². The van der Waals surface area contributed by atoms with Crippen LogP contribution in [0.25, 0.3) is 21.8 Å². The van der Waals surface area contributed by atoms with E-state index < -0.39 is 0 Å². The van der Waals surface area contributed by atoms with Crippen molar-refractivity contribution in [1.29, 1.82) is 10.8 Å². The van der Waals surface area contributed by atoms with Gasteiger partial charge in [0.25, 0.3) is 0 Å². The average molecular weight is 608 g/mol. The van der Waals surface area contributed by atoms with Gasteiger partial charge in [0.05, 0.1) is 10.6 Å². The maximum atomic E-state index is 8.06. The first-order chi connectivity index (χ1) is 20.0. The van der Waals surface area contributed by atoms with Crippen molar-refractivity contribution in [2.75, 3.05) is 5.73 Å². The second kappa shape index (κ2) is 15.0. The molecule has 4 heterocycles. The molecule has 0 fully saturated rings. The van der Waals surface area contributed by atoms with E-state index in [1.165, 1.54) is 28.1 Å². The molecule has 0 radical (unpaired) electrons. The van der Waals surface area contributed by atoms with Crippen LogP contribution in [0.3, 0.4) is 0 Å². The number of hydrogen-bond donors (Lipinski definition) is 5. The first kappa shape index (κ1) is 30.6. The summed E-state index contributed by atoms with van der Waals surface area (Å²) in [7, 11) is 0. The number of rotatable bonds is 5. The fraction of sp³-hybridized carbons (Fsp3) is 0.0588. The molecule has 0 saturated carbocycles. The highest BCUT2D eigenvalue weighted by atomic mass is 32.2. The number of nitrogens with one attached hydrogen (secondary N) is 4. The molecular formula is C34H33N5S3. The van der Waals surface area contributed by atoms with Crippen molar-refractivity contribution in [3.05, 3.63) is 142 Å². The number of nitrogen functional groups attached to an aromatic ring is 1. The maximum Gasteiger partial charge on any atom is 0.109 e. The number of aromatic nitrogens is 2. The number of benzene rings is 3. The zero-order valence-electron chi connectivity index (χ0n) is 22.1. The van der Waals surface area contributed by atoms with Gasteiger partial charge < -0.3 is 21.1 Å². The van der Waals surface area contributed by atoms with E-state index in [4.69, 9.17) is 16.6 Å². The third kappa shape index (κ3) is 8.33. The van der Waals surface area contributed by atoms with Crippen LogP contribution in [0.2, 0.25) is 0 Å². The molecule has 8 heteroatoms. The molecule has 4 aromatic heterocycles. The number of nitrogens with two attached hydrogens (primary N) is 1. The first-order valence-electron chi connectivity index (χ1n) is 12.9. The van der Waals surface area contributed by atoms with Crippen molar-refractivity contribution < 1.29 is 0 Å². The quantitative estimate of drug-likeness (QED) is 0.0581. The van der Waals surface area contributed by atoms with Crippen LogP contribution in [0, 0.1) is 10.8 Å². The van der Waals surface area contributed by atoms with E-state index in [2.05, 4.69) is 34.2 Å². The Balaban J connectivity index is 0.000000148. The highest BCUT2D eigenvalue weighted by Gasteiger charge is 2.05. The van der Waals surface area contributed by atoms with E-state index in [1.807, 2.05) is 102 Å². The second-order valence-corrected chi connectivity index (χ2v) is 12.1. The molecule has 5 nitrogen and oxygen atoms in total. The van der Waals surface area contributed by atoms with Crippen molar-refractivity contribution in [2.45, 2.75) is 18.7 Å². The second-order valence-electron chi connectivity index (χ2n) is 9.08. The molecule has 0 aliphatic rings. The van der Waals surface area contributed by atoms with Gasteiger partial charge in [-0.3, -0.25) is 5.41 Å². The zero-order valence-corrected chi connectivity index (χ0v) is 24.6. The Bertz CT molecular complexity index is 1830. The van der Waals surface area contributed by atoms with Gasteiger partial charge in [0.15, 0.2) is 0 Å². The summed E-state index contributed by atoms with van der Waals surface area (Å²) in [6.45, 7) is 0. The van der Waals surface area contributed by atoms with Crippen molar-refractivity contribution >= 4 is 72.7 Å². The third-order valence-corrected chi connectivity index (χ3v) is 8.98.